The van der Waals surface area contributed by atoms with Crippen LogP contribution in [-0.2, 0) is 11.6 Å². The fraction of sp³-hybridized carbons (Fsp3) is 0.152. The molecule has 0 fully saturated rings. The topological polar surface area (TPSA) is 12.4 Å². The van der Waals surface area contributed by atoms with Crippen LogP contribution < -0.4 is 0 Å². The third-order valence-corrected chi connectivity index (χ3v) is 11.0. The zero-order valence-corrected chi connectivity index (χ0v) is 27.9. The number of rotatable bonds is 3. The molecule has 1 unspecified atom stereocenters. The van der Waals surface area contributed by atoms with Gasteiger partial charge in [0.25, 0.3) is 0 Å². The third kappa shape index (κ3) is 4.80. The lowest BCUT2D eigenvalue weighted by molar-refractivity contribution is -0.137. The lowest BCUT2D eigenvalue weighted by Gasteiger charge is -2.22. The van der Waals surface area contributed by atoms with Gasteiger partial charge < -0.3 is 0 Å². The maximum atomic E-state index is 13.6. The van der Waals surface area contributed by atoms with Gasteiger partial charge in [-0.3, -0.25) is 4.99 Å². The van der Waals surface area contributed by atoms with Gasteiger partial charge >= 0.3 is 6.18 Å². The second kappa shape index (κ2) is 11.3. The van der Waals surface area contributed by atoms with Crippen molar-refractivity contribution in [1.82, 2.24) is 0 Å². The lowest BCUT2D eigenvalue weighted by Crippen LogP contribution is -2.14. The summed E-state index contributed by atoms with van der Waals surface area (Å²) in [6.45, 7) is 4.60. The minimum absolute atomic E-state index is 0.0318. The maximum Gasteiger partial charge on any atom is 0.416 e. The predicted molar refractivity (Wildman–Crippen MR) is 200 cm³/mol. The molecule has 50 heavy (non-hydrogen) atoms. The quantitative estimate of drug-likeness (QED) is 0.168. The highest BCUT2D eigenvalue weighted by molar-refractivity contribution is 6.17. The van der Waals surface area contributed by atoms with Crippen molar-refractivity contribution < 1.29 is 13.2 Å². The summed E-state index contributed by atoms with van der Waals surface area (Å²) in [6.07, 6.45) is -2.97. The molecule has 244 valence electrons. The van der Waals surface area contributed by atoms with Crippen molar-refractivity contribution in [1.29, 1.82) is 0 Å². The van der Waals surface area contributed by atoms with Gasteiger partial charge in [0.05, 0.1) is 11.3 Å². The molecule has 7 aromatic carbocycles. The molecule has 1 aliphatic heterocycles. The van der Waals surface area contributed by atoms with Crippen molar-refractivity contribution in [2.45, 2.75) is 44.2 Å². The van der Waals surface area contributed by atoms with Crippen LogP contribution in [0.1, 0.15) is 66.0 Å². The van der Waals surface area contributed by atoms with E-state index in [1.165, 1.54) is 39.9 Å². The Morgan fingerprint density at radius 1 is 0.580 bits per heavy atom. The summed E-state index contributed by atoms with van der Waals surface area (Å²) in [6, 6.07) is 46.6. The number of alkyl halides is 3. The molecule has 4 heteroatoms. The van der Waals surface area contributed by atoms with Gasteiger partial charge in [0.2, 0.25) is 0 Å². The van der Waals surface area contributed by atoms with Crippen molar-refractivity contribution in [3.05, 3.63) is 173 Å². The molecular formula is C46H34F3N. The molecule has 2 aliphatic rings. The molecule has 0 N–H and O–H groups in total. The molecule has 0 spiro atoms. The van der Waals surface area contributed by atoms with Crippen LogP contribution in [0.4, 0.5) is 18.9 Å². The predicted octanol–water partition coefficient (Wildman–Crippen LogP) is 13.0. The summed E-state index contributed by atoms with van der Waals surface area (Å²) in [5.41, 5.74) is 11.9. The van der Waals surface area contributed by atoms with E-state index in [4.69, 9.17) is 4.99 Å². The molecule has 0 amide bonds. The first-order chi connectivity index (χ1) is 24.2. The van der Waals surface area contributed by atoms with E-state index in [0.717, 1.165) is 61.6 Å². The van der Waals surface area contributed by atoms with Gasteiger partial charge in [0, 0.05) is 22.4 Å². The van der Waals surface area contributed by atoms with Gasteiger partial charge in [0.15, 0.2) is 0 Å². The van der Waals surface area contributed by atoms with Gasteiger partial charge in [-0.2, -0.15) is 13.2 Å². The Hall–Kier alpha value is -5.48. The largest absolute Gasteiger partial charge is 0.416 e. The minimum atomic E-state index is -4.38. The number of hydrogen-bond donors (Lipinski definition) is 0. The molecular weight excluding hydrogens is 624 g/mol. The number of benzene rings is 7. The second-order valence-electron chi connectivity index (χ2n) is 14.1. The van der Waals surface area contributed by atoms with Crippen molar-refractivity contribution >= 4 is 32.9 Å². The van der Waals surface area contributed by atoms with E-state index in [0.29, 0.717) is 6.42 Å². The van der Waals surface area contributed by atoms with Crippen LogP contribution in [0.25, 0.3) is 43.8 Å². The second-order valence-corrected chi connectivity index (χ2v) is 14.1. The summed E-state index contributed by atoms with van der Waals surface area (Å²) < 4.78 is 40.7. The highest BCUT2D eigenvalue weighted by Gasteiger charge is 2.35. The fourth-order valence-corrected chi connectivity index (χ4v) is 8.44. The molecule has 1 atom stereocenters. The van der Waals surface area contributed by atoms with Crippen molar-refractivity contribution in [2.24, 2.45) is 4.99 Å². The zero-order valence-electron chi connectivity index (χ0n) is 27.9. The molecule has 7 aromatic rings. The molecule has 0 aromatic heterocycles. The highest BCUT2D eigenvalue weighted by atomic mass is 19.4. The van der Waals surface area contributed by atoms with E-state index in [-0.39, 0.29) is 11.3 Å². The number of fused-ring (bicyclic) bond motifs is 9. The molecule has 1 heterocycles. The Kier molecular flexibility index (Phi) is 6.90. The van der Waals surface area contributed by atoms with E-state index in [9.17, 15) is 13.2 Å². The monoisotopic (exact) mass is 657 g/mol. The number of nitrogens with zero attached hydrogens (tertiary/aromatic N) is 1. The van der Waals surface area contributed by atoms with Crippen molar-refractivity contribution in [3.63, 3.8) is 0 Å². The Labute approximate surface area is 289 Å². The lowest BCUT2D eigenvalue weighted by atomic mass is 9.82. The standard InChI is InChI=1S/C46H34F3N/c1-45(2)40-14-8-7-11-36(40)39-27-31(21-25-41(39)45)28-15-17-30(18-16-28)42-26-24-33(29-19-22-32(23-20-29)46(47,48)49)43-37-12-5-3-9-34(37)35-10-4-6-13-38(35)44(43)50-42/h3-23,25,27,33H,24,26H2,1-2H3. The molecule has 9 rings (SSSR count). The van der Waals surface area contributed by atoms with Crippen LogP contribution in [0.3, 0.4) is 0 Å². The molecule has 0 saturated heterocycles. The van der Waals surface area contributed by atoms with Gasteiger partial charge in [-0.15, -0.1) is 0 Å². The van der Waals surface area contributed by atoms with E-state index in [1.807, 2.05) is 24.3 Å². The summed E-state index contributed by atoms with van der Waals surface area (Å²) in [7, 11) is 0. The van der Waals surface area contributed by atoms with E-state index in [2.05, 4.69) is 105 Å². The van der Waals surface area contributed by atoms with Crippen LogP contribution in [0, 0.1) is 0 Å². The minimum Gasteiger partial charge on any atom is -0.252 e. The number of aliphatic imine (C=N–C) groups is 1. The first-order valence-corrected chi connectivity index (χ1v) is 17.2. The van der Waals surface area contributed by atoms with Gasteiger partial charge in [0.1, 0.15) is 0 Å². The SMILES string of the molecule is CC1(C)c2ccccc2-c2cc(-c3ccc(C4=Nc5c(c6ccccc6c6ccccc56)C(c5ccc(C(F)(F)F)cc5)CC4)cc3)ccc21. The van der Waals surface area contributed by atoms with Gasteiger partial charge in [-0.1, -0.05) is 135 Å². The van der Waals surface area contributed by atoms with E-state index >= 15 is 0 Å². The Bertz CT molecular complexity index is 2480. The maximum absolute atomic E-state index is 13.6. The summed E-state index contributed by atoms with van der Waals surface area (Å²) in [5, 5.41) is 4.39. The number of hydrogen-bond acceptors (Lipinski definition) is 1. The van der Waals surface area contributed by atoms with Crippen LogP contribution in [0.5, 0.6) is 0 Å². The fourth-order valence-electron chi connectivity index (χ4n) is 8.44. The first kappa shape index (κ1) is 30.6. The van der Waals surface area contributed by atoms with Crippen LogP contribution >= 0.6 is 0 Å². The van der Waals surface area contributed by atoms with Crippen LogP contribution in [0.2, 0.25) is 0 Å². The molecule has 0 bridgehead atoms. The Balaban J connectivity index is 1.15. The normalized spacial score (nSPS) is 16.4. The molecule has 1 aliphatic carbocycles. The summed E-state index contributed by atoms with van der Waals surface area (Å²) in [5.74, 6) is -0.124. The van der Waals surface area contributed by atoms with Crippen LogP contribution in [-0.4, -0.2) is 5.71 Å². The molecule has 0 saturated carbocycles. The zero-order chi connectivity index (χ0) is 34.2. The molecule has 0 radical (unpaired) electrons. The highest BCUT2D eigenvalue weighted by Crippen LogP contribution is 2.50. The van der Waals surface area contributed by atoms with Crippen molar-refractivity contribution in [2.75, 3.05) is 0 Å². The van der Waals surface area contributed by atoms with Gasteiger partial charge in [-0.05, 0) is 97.3 Å². The first-order valence-electron chi connectivity index (χ1n) is 17.2. The van der Waals surface area contributed by atoms with Gasteiger partial charge in [-0.25, -0.2) is 0 Å². The van der Waals surface area contributed by atoms with Crippen molar-refractivity contribution in [3.8, 4) is 22.3 Å². The van der Waals surface area contributed by atoms with Crippen LogP contribution in [0.15, 0.2) is 145 Å². The average molecular weight is 658 g/mol. The van der Waals surface area contributed by atoms with E-state index < -0.39 is 11.7 Å². The smallest absolute Gasteiger partial charge is 0.252 e. The molecule has 1 nitrogen and oxygen atoms in total. The summed E-state index contributed by atoms with van der Waals surface area (Å²) >= 11 is 0. The number of halogens is 3. The average Bonchev–Trinajstić information content (AvgIpc) is 3.24. The summed E-state index contributed by atoms with van der Waals surface area (Å²) in [4.78, 5) is 5.45. The van der Waals surface area contributed by atoms with E-state index in [1.54, 1.807) is 12.1 Å². The third-order valence-electron chi connectivity index (χ3n) is 11.0. The Morgan fingerprint density at radius 3 is 1.88 bits per heavy atom. The Morgan fingerprint density at radius 2 is 1.16 bits per heavy atom.